The van der Waals surface area contributed by atoms with Crippen molar-refractivity contribution in [1.29, 1.82) is 0 Å². The van der Waals surface area contributed by atoms with Crippen LogP contribution in [0.1, 0.15) is 32.4 Å². The highest BCUT2D eigenvalue weighted by atomic mass is 16.6. The molecule has 0 saturated carbocycles. The van der Waals surface area contributed by atoms with Crippen LogP contribution >= 0.6 is 0 Å². The molecule has 1 atom stereocenters. The summed E-state index contributed by atoms with van der Waals surface area (Å²) in [6, 6.07) is 5.57. The number of benzene rings is 1. The van der Waals surface area contributed by atoms with E-state index in [1.165, 1.54) is 0 Å². The summed E-state index contributed by atoms with van der Waals surface area (Å²) in [6.45, 7) is 5.78. The van der Waals surface area contributed by atoms with Crippen LogP contribution in [0.25, 0.3) is 11.0 Å². The molecule has 1 heterocycles. The summed E-state index contributed by atoms with van der Waals surface area (Å²) in [5.74, 6) is 0. The Morgan fingerprint density at radius 3 is 2.86 bits per heavy atom. The van der Waals surface area contributed by atoms with Gasteiger partial charge in [0.2, 0.25) is 0 Å². The Kier molecular flexibility index (Phi) is 4.18. The third kappa shape index (κ3) is 3.95. The molecule has 0 saturated heterocycles. The molecule has 2 aromatic rings. The summed E-state index contributed by atoms with van der Waals surface area (Å²) in [5.41, 5.74) is 8.45. The van der Waals surface area contributed by atoms with Crippen molar-refractivity contribution in [1.82, 2.24) is 14.9 Å². The molecule has 0 radical (unpaired) electrons. The second-order valence-electron chi connectivity index (χ2n) is 6.09. The molecule has 114 valence electrons. The number of nitrogens with zero attached hydrogens (tertiary/aromatic N) is 2. The van der Waals surface area contributed by atoms with Crippen LogP contribution in [0.15, 0.2) is 24.5 Å². The Bertz CT molecular complexity index is 643. The molecular weight excluding hydrogens is 268 g/mol. The number of rotatable bonds is 3. The number of amides is 1. The summed E-state index contributed by atoms with van der Waals surface area (Å²) < 4.78 is 7.12. The fraction of sp³-hybridized carbons (Fsp3) is 0.467. The van der Waals surface area contributed by atoms with Crippen molar-refractivity contribution in [2.75, 3.05) is 6.54 Å². The number of hydrogen-bond donors (Lipinski definition) is 2. The minimum Gasteiger partial charge on any atom is -0.444 e. The molecule has 1 amide bonds. The van der Waals surface area contributed by atoms with E-state index >= 15 is 0 Å². The lowest BCUT2D eigenvalue weighted by Crippen LogP contribution is -2.36. The molecule has 0 spiro atoms. The molecule has 3 N–H and O–H groups in total. The second-order valence-corrected chi connectivity index (χ2v) is 6.09. The largest absolute Gasteiger partial charge is 0.444 e. The van der Waals surface area contributed by atoms with E-state index in [0.717, 1.165) is 16.6 Å². The molecule has 0 fully saturated rings. The number of imidazole rings is 1. The maximum absolute atomic E-state index is 11.6. The fourth-order valence-corrected chi connectivity index (χ4v) is 2.01. The maximum Gasteiger partial charge on any atom is 0.407 e. The molecular formula is C15H22N4O2. The molecule has 0 aliphatic rings. The number of alkyl carbamates (subject to hydrolysis) is 1. The number of nitrogens with two attached hydrogens (primary N) is 1. The van der Waals surface area contributed by atoms with Gasteiger partial charge in [-0.25, -0.2) is 9.78 Å². The van der Waals surface area contributed by atoms with Gasteiger partial charge in [-0.05, 0) is 38.5 Å². The van der Waals surface area contributed by atoms with Crippen molar-refractivity contribution in [3.63, 3.8) is 0 Å². The topological polar surface area (TPSA) is 82.2 Å². The highest BCUT2D eigenvalue weighted by Crippen LogP contribution is 2.17. The van der Waals surface area contributed by atoms with Crippen molar-refractivity contribution in [2.24, 2.45) is 12.8 Å². The minimum atomic E-state index is -0.513. The van der Waals surface area contributed by atoms with Gasteiger partial charge in [-0.3, -0.25) is 0 Å². The van der Waals surface area contributed by atoms with E-state index in [1.807, 2.05) is 50.6 Å². The van der Waals surface area contributed by atoms with Crippen LogP contribution < -0.4 is 11.1 Å². The van der Waals surface area contributed by atoms with Gasteiger partial charge in [-0.2, -0.15) is 0 Å². The van der Waals surface area contributed by atoms with Crippen LogP contribution in [0, 0.1) is 0 Å². The average Bonchev–Trinajstić information content (AvgIpc) is 2.75. The number of nitrogens with one attached hydrogen (secondary N) is 1. The highest BCUT2D eigenvalue weighted by molar-refractivity contribution is 5.76. The lowest BCUT2D eigenvalue weighted by atomic mass is 10.1. The predicted octanol–water partition coefficient (Wildman–Crippen LogP) is 2.10. The first-order chi connectivity index (χ1) is 9.76. The number of carbonyl (C=O) groups excluding carboxylic acids is 1. The predicted molar refractivity (Wildman–Crippen MR) is 81.9 cm³/mol. The van der Waals surface area contributed by atoms with E-state index in [9.17, 15) is 4.79 Å². The zero-order valence-electron chi connectivity index (χ0n) is 12.9. The first-order valence-corrected chi connectivity index (χ1v) is 6.90. The zero-order chi connectivity index (χ0) is 15.6. The Balaban J connectivity index is 1.98. The smallest absolute Gasteiger partial charge is 0.407 e. The summed E-state index contributed by atoms with van der Waals surface area (Å²) in [7, 11) is 1.94. The Hall–Kier alpha value is -2.08. The van der Waals surface area contributed by atoms with E-state index in [2.05, 4.69) is 10.3 Å². The molecule has 1 aromatic carbocycles. The monoisotopic (exact) mass is 290 g/mol. The van der Waals surface area contributed by atoms with Gasteiger partial charge in [0.25, 0.3) is 0 Å². The van der Waals surface area contributed by atoms with Gasteiger partial charge >= 0.3 is 6.09 Å². The number of aryl methyl sites for hydroxylation is 1. The standard InChI is InChI=1S/C15H22N4O2/c1-15(2,3)21-14(20)17-8-11(16)10-5-6-13-12(7-10)18-9-19(13)4/h5-7,9,11H,8,16H2,1-4H3,(H,17,20). The third-order valence-corrected chi connectivity index (χ3v) is 3.04. The normalized spacial score (nSPS) is 13.2. The number of hydrogen-bond acceptors (Lipinski definition) is 4. The SMILES string of the molecule is Cn1cnc2cc(C(N)CNC(=O)OC(C)(C)C)ccc21. The molecule has 6 nitrogen and oxygen atoms in total. The van der Waals surface area contributed by atoms with Gasteiger partial charge in [0.05, 0.1) is 17.4 Å². The molecule has 0 aliphatic heterocycles. The van der Waals surface area contributed by atoms with Gasteiger partial charge in [-0.1, -0.05) is 6.07 Å². The lowest BCUT2D eigenvalue weighted by Gasteiger charge is -2.21. The number of aromatic nitrogens is 2. The van der Waals surface area contributed by atoms with Crippen LogP contribution in [0.4, 0.5) is 4.79 Å². The Morgan fingerprint density at radius 1 is 1.48 bits per heavy atom. The van der Waals surface area contributed by atoms with Crippen molar-refractivity contribution in [2.45, 2.75) is 32.4 Å². The van der Waals surface area contributed by atoms with Crippen LogP contribution in [-0.4, -0.2) is 27.8 Å². The average molecular weight is 290 g/mol. The summed E-state index contributed by atoms with van der Waals surface area (Å²) in [5, 5.41) is 2.68. The van der Waals surface area contributed by atoms with Crippen LogP contribution in [-0.2, 0) is 11.8 Å². The third-order valence-electron chi connectivity index (χ3n) is 3.04. The molecule has 2 rings (SSSR count). The maximum atomic E-state index is 11.6. The molecule has 0 aliphatic carbocycles. The van der Waals surface area contributed by atoms with E-state index < -0.39 is 11.7 Å². The van der Waals surface area contributed by atoms with Gasteiger partial charge < -0.3 is 20.4 Å². The lowest BCUT2D eigenvalue weighted by molar-refractivity contribution is 0.0524. The Labute approximate surface area is 124 Å². The minimum absolute atomic E-state index is 0.302. The summed E-state index contributed by atoms with van der Waals surface area (Å²) in [6.07, 6.45) is 1.30. The van der Waals surface area contributed by atoms with Gasteiger partial charge in [0.1, 0.15) is 5.60 Å². The Morgan fingerprint density at radius 2 is 2.19 bits per heavy atom. The van der Waals surface area contributed by atoms with Crippen LogP contribution in [0.2, 0.25) is 0 Å². The van der Waals surface area contributed by atoms with Gasteiger partial charge in [-0.15, -0.1) is 0 Å². The van der Waals surface area contributed by atoms with Crippen molar-refractivity contribution >= 4 is 17.1 Å². The van der Waals surface area contributed by atoms with E-state index in [1.54, 1.807) is 6.33 Å². The summed E-state index contributed by atoms with van der Waals surface area (Å²) in [4.78, 5) is 15.9. The molecule has 0 bridgehead atoms. The van der Waals surface area contributed by atoms with E-state index in [-0.39, 0.29) is 6.04 Å². The summed E-state index contributed by atoms with van der Waals surface area (Å²) >= 11 is 0. The van der Waals surface area contributed by atoms with Crippen molar-refractivity contribution < 1.29 is 9.53 Å². The van der Waals surface area contributed by atoms with Crippen LogP contribution in [0.5, 0.6) is 0 Å². The zero-order valence-corrected chi connectivity index (χ0v) is 12.9. The number of fused-ring (bicyclic) bond motifs is 1. The van der Waals surface area contributed by atoms with Gasteiger partial charge in [0.15, 0.2) is 0 Å². The number of ether oxygens (including phenoxy) is 1. The van der Waals surface area contributed by atoms with Gasteiger partial charge in [0, 0.05) is 19.6 Å². The highest BCUT2D eigenvalue weighted by Gasteiger charge is 2.17. The molecule has 1 unspecified atom stereocenters. The van der Waals surface area contributed by atoms with Crippen molar-refractivity contribution in [3.8, 4) is 0 Å². The van der Waals surface area contributed by atoms with E-state index in [0.29, 0.717) is 6.54 Å². The molecule has 6 heteroatoms. The fourth-order valence-electron chi connectivity index (χ4n) is 2.01. The van der Waals surface area contributed by atoms with Crippen molar-refractivity contribution in [3.05, 3.63) is 30.1 Å². The van der Waals surface area contributed by atoms with Crippen LogP contribution in [0.3, 0.4) is 0 Å². The first kappa shape index (κ1) is 15.3. The molecule has 21 heavy (non-hydrogen) atoms. The first-order valence-electron chi connectivity index (χ1n) is 6.90. The number of carbonyl (C=O) groups is 1. The van der Waals surface area contributed by atoms with E-state index in [4.69, 9.17) is 10.5 Å². The quantitative estimate of drug-likeness (QED) is 0.907. The molecule has 1 aromatic heterocycles. The second kappa shape index (κ2) is 5.73.